The maximum Gasteiger partial charge on any atom is 0.310 e. The molecule has 2 aliphatic heterocycles. The molecule has 2 aromatic heterocycles. The van der Waals surface area contributed by atoms with Crippen LogP contribution in [0.15, 0.2) is 65.3 Å². The first-order valence-corrected chi connectivity index (χ1v) is 24.0. The third kappa shape index (κ3) is 13.3. The maximum absolute atomic E-state index is 14.3. The molecule has 0 radical (unpaired) electrons. The Morgan fingerprint density at radius 1 is 0.648 bits per heavy atom. The van der Waals surface area contributed by atoms with E-state index in [9.17, 15) is 28.6 Å². The molecule has 18 nitrogen and oxygen atoms in total. The number of ether oxygens (including phenoxy) is 6. The van der Waals surface area contributed by atoms with Crippen molar-refractivity contribution in [2.24, 2.45) is 0 Å². The highest BCUT2D eigenvalue weighted by Crippen LogP contribution is 2.52. The molecule has 4 aromatic carbocycles. The molecule has 2 fully saturated rings. The van der Waals surface area contributed by atoms with Crippen LogP contribution in [0.25, 0.3) is 21.8 Å². The van der Waals surface area contributed by atoms with Crippen LogP contribution in [0, 0.1) is 12.2 Å². The highest BCUT2D eigenvalue weighted by atomic mass is 79.9. The molecule has 6 aromatic rings. The van der Waals surface area contributed by atoms with Gasteiger partial charge in [0, 0.05) is 38.3 Å². The minimum absolute atomic E-state index is 0.00437. The minimum Gasteiger partial charge on any atom is -0.504 e. The first-order chi connectivity index (χ1) is 34.2. The molecule has 378 valence electrons. The van der Waals surface area contributed by atoms with Gasteiger partial charge < -0.3 is 49.3 Å². The van der Waals surface area contributed by atoms with Crippen LogP contribution >= 0.6 is 27.5 Å². The fraction of sp³-hybridized carbons (Fsp3) is 0.388. The number of methoxy groups -OCH3 is 2. The molecule has 4 heterocycles. The molecule has 0 saturated carbocycles. The lowest BCUT2D eigenvalue weighted by atomic mass is 10.1. The summed E-state index contributed by atoms with van der Waals surface area (Å²) < 4.78 is 62.8. The van der Waals surface area contributed by atoms with Crippen LogP contribution in [0.2, 0.25) is 5.15 Å². The van der Waals surface area contributed by atoms with Crippen molar-refractivity contribution in [3.63, 3.8) is 0 Å². The molecule has 2 saturated heterocycles. The number of carbonyl (C=O) groups excluding carboxylic acids is 2. The Balaban J connectivity index is 0.000000209. The van der Waals surface area contributed by atoms with Crippen molar-refractivity contribution in [2.75, 3.05) is 77.3 Å². The summed E-state index contributed by atoms with van der Waals surface area (Å²) in [6.45, 7) is 7.29. The molecule has 22 heteroatoms. The van der Waals surface area contributed by atoms with Crippen molar-refractivity contribution in [1.82, 2.24) is 29.7 Å². The van der Waals surface area contributed by atoms with E-state index in [1.807, 2.05) is 48.5 Å². The Bertz CT molecular complexity index is 2810. The van der Waals surface area contributed by atoms with Crippen LogP contribution < -0.4 is 29.6 Å². The summed E-state index contributed by atoms with van der Waals surface area (Å²) in [4.78, 5) is 43.0. The second-order valence-electron chi connectivity index (χ2n) is 16.6. The first-order valence-electron chi connectivity index (χ1n) is 22.8. The Kier molecular flexibility index (Phi) is 18.1. The number of likely N-dealkylation sites (tertiary alicyclic amines) is 2. The smallest absolute Gasteiger partial charge is 0.310 e. The number of anilines is 4. The van der Waals surface area contributed by atoms with Gasteiger partial charge in [-0.15, -0.1) is 0 Å². The predicted molar refractivity (Wildman–Crippen MR) is 266 cm³/mol. The summed E-state index contributed by atoms with van der Waals surface area (Å²) in [6, 6.07) is 18.2. The number of piperidine rings is 1. The van der Waals surface area contributed by atoms with Crippen LogP contribution in [-0.4, -0.2) is 131 Å². The highest BCUT2D eigenvalue weighted by molar-refractivity contribution is 9.10. The van der Waals surface area contributed by atoms with E-state index >= 15 is 0 Å². The van der Waals surface area contributed by atoms with E-state index in [0.717, 1.165) is 51.9 Å². The number of halogens is 4. The normalized spacial score (nSPS) is 14.8. The Morgan fingerprint density at radius 3 is 1.49 bits per heavy atom. The molecule has 2 atom stereocenters. The maximum atomic E-state index is 14.3. The lowest BCUT2D eigenvalue weighted by Crippen LogP contribution is -2.40. The van der Waals surface area contributed by atoms with Crippen molar-refractivity contribution in [2.45, 2.75) is 58.2 Å². The lowest BCUT2D eigenvalue weighted by molar-refractivity contribution is -0.149. The number of carbonyl (C=O) groups is 2. The second kappa shape index (κ2) is 24.5. The molecule has 4 N–H and O–H groups in total. The molecule has 0 amide bonds. The van der Waals surface area contributed by atoms with E-state index in [-0.39, 0.29) is 84.9 Å². The van der Waals surface area contributed by atoms with E-state index in [4.69, 9.17) is 40.0 Å². The van der Waals surface area contributed by atoms with Crippen LogP contribution in [0.3, 0.4) is 0 Å². The zero-order valence-electron chi connectivity index (χ0n) is 39.5. The molecule has 2 unspecified atom stereocenters. The molecule has 0 bridgehead atoms. The number of hydrogen-bond acceptors (Lipinski definition) is 18. The van der Waals surface area contributed by atoms with E-state index in [1.54, 1.807) is 12.1 Å². The predicted octanol–water partition coefficient (Wildman–Crippen LogP) is 9.07. The van der Waals surface area contributed by atoms with Gasteiger partial charge in [0.05, 0.1) is 25.0 Å². The number of nitrogens with zero attached hydrogens (tertiary/aromatic N) is 6. The third-order valence-electron chi connectivity index (χ3n) is 11.5. The zero-order valence-corrected chi connectivity index (χ0v) is 41.8. The van der Waals surface area contributed by atoms with Crippen molar-refractivity contribution in [1.29, 1.82) is 0 Å². The Hall–Kier alpha value is -6.55. The topological polar surface area (TPSA) is 212 Å². The summed E-state index contributed by atoms with van der Waals surface area (Å²) in [5.41, 5.74) is 1.90. The van der Waals surface area contributed by atoms with Crippen molar-refractivity contribution in [3.8, 4) is 34.5 Å². The van der Waals surface area contributed by atoms with Gasteiger partial charge in [-0.25, -0.2) is 0 Å². The van der Waals surface area contributed by atoms with Crippen molar-refractivity contribution < 1.29 is 57.0 Å². The molecule has 0 spiro atoms. The number of aromatic hydroxyl groups is 2. The molecule has 2 aliphatic rings. The summed E-state index contributed by atoms with van der Waals surface area (Å²) in [6.07, 6.45) is 2.31. The number of hydrogen-bond donors (Lipinski definition) is 4. The fourth-order valence-corrected chi connectivity index (χ4v) is 9.22. The fourth-order valence-electron chi connectivity index (χ4n) is 8.45. The zero-order chi connectivity index (χ0) is 50.6. The van der Waals surface area contributed by atoms with E-state index in [2.05, 4.69) is 56.3 Å². The van der Waals surface area contributed by atoms with Gasteiger partial charge in [-0.3, -0.25) is 19.4 Å². The van der Waals surface area contributed by atoms with Gasteiger partial charge in [-0.2, -0.15) is 28.7 Å². The van der Waals surface area contributed by atoms with E-state index in [0.29, 0.717) is 24.5 Å². The molecule has 71 heavy (non-hydrogen) atoms. The van der Waals surface area contributed by atoms with E-state index < -0.39 is 42.1 Å². The number of fused-ring (bicyclic) bond motifs is 2. The summed E-state index contributed by atoms with van der Waals surface area (Å²) in [5, 5.41) is 28.2. The quantitative estimate of drug-likeness (QED) is 0.0274. The largest absolute Gasteiger partial charge is 0.504 e. The SMILES string of the molecule is COc1c(OCC(CN2CCCC2)OC(C)=O)c(Nc2ccccc2)c2nc(F)nc(Br)c2c1O.COc1c(OCC(CN2CCCCC2)OC(C)=O)c(Nc2ccccc2)c2nc(F)nc(Cl)c2c1O. The van der Waals surface area contributed by atoms with Gasteiger partial charge in [0.25, 0.3) is 0 Å². The van der Waals surface area contributed by atoms with Gasteiger partial charge in [0.15, 0.2) is 23.0 Å². The van der Waals surface area contributed by atoms with Crippen LogP contribution in [0.1, 0.15) is 46.0 Å². The monoisotopic (exact) mass is 1070 g/mol. The number of phenolic OH excluding ortho intramolecular Hbond substituents is 2. The standard InChI is InChI=1S/C25H28ClFN4O5.C24H26BrFN4O5/c1-15(32)36-17(13-31-11-7-4-8-12-31)14-35-22-20(28-16-9-5-3-6-10-16)19-18(21(33)23(22)34-2)24(26)30-25(27)29-19;1-14(31)35-16(12-30-10-6-7-11-30)13-34-21-19(27-15-8-4-3-5-9-15)18-17(20(32)22(21)33-2)23(25)29-24(26)28-18/h3,5-6,9-10,17,28,33H,4,7-8,11-14H2,1-2H3;3-5,8-9,16,27,32H,6-7,10-13H2,1-2H3. The molecule has 0 aliphatic carbocycles. The summed E-state index contributed by atoms with van der Waals surface area (Å²) in [5.74, 6) is -1.43. The van der Waals surface area contributed by atoms with Gasteiger partial charge in [-0.1, -0.05) is 54.4 Å². The van der Waals surface area contributed by atoms with Crippen LogP contribution in [0.4, 0.5) is 31.5 Å². The molecular formula is C49H54BrClF2N8O10. The average molecular weight is 1070 g/mol. The molecular weight excluding hydrogens is 1010 g/mol. The van der Waals surface area contributed by atoms with Gasteiger partial charge >= 0.3 is 24.1 Å². The van der Waals surface area contributed by atoms with Crippen molar-refractivity contribution >= 4 is 84.0 Å². The van der Waals surface area contributed by atoms with Gasteiger partial charge in [0.2, 0.25) is 11.5 Å². The Labute approximate surface area is 421 Å². The molecule has 8 rings (SSSR count). The number of rotatable bonds is 18. The van der Waals surface area contributed by atoms with Crippen LogP contribution in [-0.2, 0) is 19.1 Å². The first kappa shape index (κ1) is 52.3. The lowest BCUT2D eigenvalue weighted by Gasteiger charge is -2.30. The number of benzene rings is 4. The second-order valence-corrected chi connectivity index (χ2v) is 17.7. The minimum atomic E-state index is -1.07. The summed E-state index contributed by atoms with van der Waals surface area (Å²) in [7, 11) is 2.74. The summed E-state index contributed by atoms with van der Waals surface area (Å²) >= 11 is 9.38. The van der Waals surface area contributed by atoms with Crippen LogP contribution in [0.5, 0.6) is 34.5 Å². The van der Waals surface area contributed by atoms with Gasteiger partial charge in [0.1, 0.15) is 57.6 Å². The third-order valence-corrected chi connectivity index (χ3v) is 12.3. The van der Waals surface area contributed by atoms with E-state index in [1.165, 1.54) is 34.5 Å². The average Bonchev–Trinajstić information content (AvgIpc) is 3.85. The number of para-hydroxylation sites is 2. The number of phenols is 2. The number of esters is 2. The van der Waals surface area contributed by atoms with Gasteiger partial charge in [-0.05, 0) is 92.1 Å². The Morgan fingerprint density at radius 2 is 1.06 bits per heavy atom. The number of nitrogens with one attached hydrogen (secondary N) is 2. The number of aromatic nitrogens is 4. The van der Waals surface area contributed by atoms with Crippen molar-refractivity contribution in [3.05, 3.63) is 82.6 Å². The highest BCUT2D eigenvalue weighted by Gasteiger charge is 2.30.